The fourth-order valence-electron chi connectivity index (χ4n) is 3.78. The van der Waals surface area contributed by atoms with Crippen LogP contribution in [-0.4, -0.2) is 66.2 Å². The Labute approximate surface area is 168 Å². The Balaban J connectivity index is 1.37. The Morgan fingerprint density at radius 3 is 3.07 bits per heavy atom. The molecule has 1 aliphatic heterocycles. The number of hydrogen-bond donors (Lipinski definition) is 2. The van der Waals surface area contributed by atoms with Crippen LogP contribution in [0.4, 0.5) is 10.4 Å². The molecule has 3 aromatic rings. The minimum Gasteiger partial charge on any atom is -0.418 e. The Hall–Kier alpha value is -2.87. The molecule has 0 spiro atoms. The molecule has 1 amide bonds. The third-order valence-corrected chi connectivity index (χ3v) is 5.52. The number of halogens is 1. The van der Waals surface area contributed by atoms with Crippen molar-refractivity contribution in [3.8, 4) is 0 Å². The lowest BCUT2D eigenvalue weighted by atomic mass is 10.1. The fourth-order valence-corrected chi connectivity index (χ4v) is 3.78. The van der Waals surface area contributed by atoms with E-state index in [4.69, 9.17) is 4.42 Å². The lowest BCUT2D eigenvalue weighted by Gasteiger charge is -2.37. The van der Waals surface area contributed by atoms with Gasteiger partial charge in [-0.25, -0.2) is 9.37 Å². The van der Waals surface area contributed by atoms with Gasteiger partial charge in [-0.2, -0.15) is 0 Å². The van der Waals surface area contributed by atoms with Gasteiger partial charge in [-0.05, 0) is 32.0 Å². The van der Waals surface area contributed by atoms with Crippen molar-refractivity contribution in [2.24, 2.45) is 0 Å². The van der Waals surface area contributed by atoms with Gasteiger partial charge in [-0.1, -0.05) is 18.2 Å². The summed E-state index contributed by atoms with van der Waals surface area (Å²) in [5, 5.41) is 4.13. The maximum Gasteiger partial charge on any atom is 0.298 e. The fraction of sp³-hybridized carbons (Fsp3) is 0.429. The minimum absolute atomic E-state index is 0.0742. The molecule has 1 fully saturated rings. The predicted octanol–water partition coefficient (Wildman–Crippen LogP) is 2.61. The number of amides is 1. The molecule has 2 N–H and O–H groups in total. The molecule has 8 heteroatoms. The first-order chi connectivity index (χ1) is 14.0. The Morgan fingerprint density at radius 1 is 1.41 bits per heavy atom. The van der Waals surface area contributed by atoms with Crippen LogP contribution < -0.4 is 10.2 Å². The summed E-state index contributed by atoms with van der Waals surface area (Å²) in [6.45, 7) is 3.44. The van der Waals surface area contributed by atoms with Crippen LogP contribution in [0.1, 0.15) is 23.0 Å². The Morgan fingerprint density at radius 2 is 2.24 bits per heavy atom. The van der Waals surface area contributed by atoms with Crippen LogP contribution in [0.15, 0.2) is 41.1 Å². The van der Waals surface area contributed by atoms with Gasteiger partial charge in [0.2, 0.25) is 5.76 Å². The first-order valence-corrected chi connectivity index (χ1v) is 9.88. The van der Waals surface area contributed by atoms with E-state index in [0.29, 0.717) is 25.5 Å². The number of likely N-dealkylation sites (N-methyl/N-ethyl adjacent to an activating group) is 1. The molecule has 7 nitrogen and oxygen atoms in total. The highest BCUT2D eigenvalue weighted by Crippen LogP contribution is 2.21. The van der Waals surface area contributed by atoms with Crippen molar-refractivity contribution in [1.82, 2.24) is 20.2 Å². The predicted molar refractivity (Wildman–Crippen MR) is 110 cm³/mol. The summed E-state index contributed by atoms with van der Waals surface area (Å²) in [6.07, 6.45) is 4.12. The zero-order chi connectivity index (χ0) is 20.4. The molecule has 0 radical (unpaired) electrons. The van der Waals surface area contributed by atoms with E-state index in [0.717, 1.165) is 23.0 Å². The van der Waals surface area contributed by atoms with Crippen molar-refractivity contribution in [1.29, 1.82) is 0 Å². The average molecular weight is 399 g/mol. The van der Waals surface area contributed by atoms with Crippen LogP contribution in [0, 0.1) is 0 Å². The van der Waals surface area contributed by atoms with E-state index in [1.54, 1.807) is 0 Å². The van der Waals surface area contributed by atoms with Gasteiger partial charge >= 0.3 is 0 Å². The first-order valence-electron chi connectivity index (χ1n) is 9.88. The molecular weight excluding hydrogens is 373 g/mol. The van der Waals surface area contributed by atoms with E-state index in [1.807, 2.05) is 48.2 Å². The molecular formula is C21H26FN5O2. The Kier molecular flexibility index (Phi) is 5.53. The number of piperazine rings is 1. The van der Waals surface area contributed by atoms with Gasteiger partial charge in [0.15, 0.2) is 0 Å². The number of para-hydroxylation sites is 1. The number of hydrogen-bond acceptors (Lipinski definition) is 5. The molecule has 154 valence electrons. The largest absolute Gasteiger partial charge is 0.418 e. The lowest BCUT2D eigenvalue weighted by Crippen LogP contribution is -2.52. The highest BCUT2D eigenvalue weighted by Gasteiger charge is 2.27. The minimum atomic E-state index is -0.424. The summed E-state index contributed by atoms with van der Waals surface area (Å²) in [5.74, 6) is -0.131. The van der Waals surface area contributed by atoms with E-state index in [-0.39, 0.29) is 23.8 Å². The molecule has 0 bridgehead atoms. The summed E-state index contributed by atoms with van der Waals surface area (Å²) in [4.78, 5) is 23.9. The second kappa shape index (κ2) is 8.24. The molecule has 0 saturated carbocycles. The maximum atomic E-state index is 13.2. The molecule has 4 rings (SSSR count). The second-order valence-electron chi connectivity index (χ2n) is 7.68. The average Bonchev–Trinajstić information content (AvgIpc) is 3.36. The smallest absolute Gasteiger partial charge is 0.298 e. The number of H-pyrrole nitrogens is 1. The van der Waals surface area contributed by atoms with E-state index in [9.17, 15) is 9.18 Å². The number of carbonyl (C=O) groups is 1. The number of anilines is 1. The highest BCUT2D eigenvalue weighted by molar-refractivity contribution is 5.91. The maximum absolute atomic E-state index is 13.2. The van der Waals surface area contributed by atoms with Crippen molar-refractivity contribution in [3.05, 3.63) is 48.0 Å². The summed E-state index contributed by atoms with van der Waals surface area (Å²) in [6, 6.07) is 8.20. The quantitative estimate of drug-likeness (QED) is 0.666. The van der Waals surface area contributed by atoms with Gasteiger partial charge in [0.25, 0.3) is 11.9 Å². The number of carbonyl (C=O) groups excluding carboxylic acids is 1. The van der Waals surface area contributed by atoms with Crippen LogP contribution in [0.25, 0.3) is 10.9 Å². The zero-order valence-corrected chi connectivity index (χ0v) is 16.7. The van der Waals surface area contributed by atoms with Gasteiger partial charge < -0.3 is 19.6 Å². The SMILES string of the molecule is CC(Cc1c[nH]c2ccccc12)NC(=O)c1cnc(N2CCN(C)C(CF)C2)o1. The summed E-state index contributed by atoms with van der Waals surface area (Å²) < 4.78 is 18.8. The molecule has 1 saturated heterocycles. The summed E-state index contributed by atoms with van der Waals surface area (Å²) in [5.41, 5.74) is 2.24. The lowest BCUT2D eigenvalue weighted by molar-refractivity contribution is 0.0912. The van der Waals surface area contributed by atoms with Gasteiger partial charge in [0.05, 0.1) is 12.2 Å². The summed E-state index contributed by atoms with van der Waals surface area (Å²) in [7, 11) is 1.91. The molecule has 2 unspecified atom stereocenters. The Bertz CT molecular complexity index is 984. The standard InChI is InChI=1S/C21H26FN5O2/c1-14(9-15-11-23-18-6-4-3-5-17(15)18)25-20(28)19-12-24-21(29-19)27-8-7-26(2)16(10-22)13-27/h3-6,11-12,14,16,23H,7-10,13H2,1-2H3,(H,25,28). The van der Waals surface area contributed by atoms with Crippen LogP contribution in [-0.2, 0) is 6.42 Å². The number of nitrogens with zero attached hydrogens (tertiary/aromatic N) is 3. The topological polar surface area (TPSA) is 77.4 Å². The number of aromatic nitrogens is 2. The van der Waals surface area contributed by atoms with E-state index >= 15 is 0 Å². The van der Waals surface area contributed by atoms with Gasteiger partial charge in [-0.3, -0.25) is 9.69 Å². The van der Waals surface area contributed by atoms with Crippen LogP contribution in [0.2, 0.25) is 0 Å². The number of alkyl halides is 1. The number of benzene rings is 1. The summed E-state index contributed by atoms with van der Waals surface area (Å²) >= 11 is 0. The van der Waals surface area contributed by atoms with Crippen molar-refractivity contribution in [2.75, 3.05) is 38.3 Å². The molecule has 2 aromatic heterocycles. The monoisotopic (exact) mass is 399 g/mol. The van der Waals surface area contributed by atoms with Gasteiger partial charge in [0.1, 0.15) is 6.67 Å². The molecule has 2 atom stereocenters. The van der Waals surface area contributed by atoms with Crippen LogP contribution in [0.3, 0.4) is 0 Å². The van der Waals surface area contributed by atoms with Gasteiger partial charge in [-0.15, -0.1) is 0 Å². The van der Waals surface area contributed by atoms with Crippen molar-refractivity contribution in [2.45, 2.75) is 25.4 Å². The van der Waals surface area contributed by atoms with Crippen LogP contribution in [0.5, 0.6) is 0 Å². The number of fused-ring (bicyclic) bond motifs is 1. The second-order valence-corrected chi connectivity index (χ2v) is 7.68. The molecule has 29 heavy (non-hydrogen) atoms. The van der Waals surface area contributed by atoms with Crippen molar-refractivity contribution < 1.29 is 13.6 Å². The number of rotatable bonds is 6. The van der Waals surface area contributed by atoms with Gasteiger partial charge in [0, 0.05) is 42.8 Å². The number of aromatic amines is 1. The third-order valence-electron chi connectivity index (χ3n) is 5.52. The van der Waals surface area contributed by atoms with E-state index in [2.05, 4.69) is 21.4 Å². The molecule has 0 aliphatic carbocycles. The van der Waals surface area contributed by atoms with Crippen molar-refractivity contribution in [3.63, 3.8) is 0 Å². The van der Waals surface area contributed by atoms with Crippen molar-refractivity contribution >= 4 is 22.8 Å². The van der Waals surface area contributed by atoms with Crippen LogP contribution >= 0.6 is 0 Å². The normalized spacial score (nSPS) is 18.9. The molecule has 3 heterocycles. The highest BCUT2D eigenvalue weighted by atomic mass is 19.1. The molecule has 1 aromatic carbocycles. The number of oxazole rings is 1. The zero-order valence-electron chi connectivity index (χ0n) is 16.7. The number of nitrogens with one attached hydrogen (secondary N) is 2. The first kappa shape index (κ1) is 19.4. The molecule has 1 aliphatic rings. The van der Waals surface area contributed by atoms with E-state index in [1.165, 1.54) is 6.20 Å². The third kappa shape index (κ3) is 4.12. The van der Waals surface area contributed by atoms with E-state index < -0.39 is 6.67 Å².